The van der Waals surface area contributed by atoms with Gasteiger partial charge in [-0.25, -0.2) is 12.8 Å². The lowest BCUT2D eigenvalue weighted by Crippen LogP contribution is -2.45. The van der Waals surface area contributed by atoms with Crippen molar-refractivity contribution >= 4 is 38.9 Å². The number of sulfonamides is 1. The van der Waals surface area contributed by atoms with Crippen LogP contribution in [0.25, 0.3) is 10.4 Å². The normalized spacial score (nSPS) is 23.3. The lowest BCUT2D eigenvalue weighted by Gasteiger charge is -2.15. The average Bonchev–Trinajstić information content (AvgIpc) is 3.06. The van der Waals surface area contributed by atoms with Crippen molar-refractivity contribution in [2.24, 2.45) is 5.92 Å². The molecule has 156 valence electrons. The predicted molar refractivity (Wildman–Crippen MR) is 114 cm³/mol. The highest BCUT2D eigenvalue weighted by Crippen LogP contribution is 2.58. The topological polar surface area (TPSA) is 83.5 Å². The number of rotatable bonds is 6. The molecule has 0 saturated heterocycles. The Labute approximate surface area is 182 Å². The zero-order valence-electron chi connectivity index (χ0n) is 15.7. The van der Waals surface area contributed by atoms with Gasteiger partial charge in [0.25, 0.3) is 10.0 Å². The summed E-state index contributed by atoms with van der Waals surface area (Å²) < 4.78 is 42.2. The van der Waals surface area contributed by atoms with E-state index < -0.39 is 39.2 Å². The molecule has 3 atom stereocenters. The summed E-state index contributed by atoms with van der Waals surface area (Å²) in [6.07, 6.45) is 0. The van der Waals surface area contributed by atoms with E-state index in [0.29, 0.717) is 10.4 Å². The molecule has 1 heterocycles. The molecular formula is C21H17ClFNO4S2. The molecule has 1 aliphatic carbocycles. The molecule has 0 spiro atoms. The van der Waals surface area contributed by atoms with Gasteiger partial charge in [0.2, 0.25) is 0 Å². The van der Waals surface area contributed by atoms with Crippen LogP contribution in [0.4, 0.5) is 4.39 Å². The summed E-state index contributed by atoms with van der Waals surface area (Å²) in [4.78, 5) is 12.6. The minimum Gasteiger partial charge on any atom is -0.480 e. The molecule has 0 aliphatic heterocycles. The minimum absolute atomic E-state index is 0.0251. The van der Waals surface area contributed by atoms with Crippen LogP contribution in [0, 0.1) is 11.7 Å². The monoisotopic (exact) mass is 465 g/mol. The van der Waals surface area contributed by atoms with Crippen LogP contribution in [0.1, 0.15) is 18.4 Å². The molecule has 1 aromatic heterocycles. The maximum Gasteiger partial charge on any atom is 0.325 e. The van der Waals surface area contributed by atoms with Crippen molar-refractivity contribution in [2.75, 3.05) is 0 Å². The maximum atomic E-state index is 13.7. The summed E-state index contributed by atoms with van der Waals surface area (Å²) in [6.45, 7) is 1.71. The minimum atomic E-state index is -4.11. The van der Waals surface area contributed by atoms with Crippen LogP contribution < -0.4 is 4.72 Å². The van der Waals surface area contributed by atoms with Crippen molar-refractivity contribution in [1.82, 2.24) is 4.72 Å². The average molecular weight is 466 g/mol. The molecule has 30 heavy (non-hydrogen) atoms. The van der Waals surface area contributed by atoms with Gasteiger partial charge < -0.3 is 5.11 Å². The van der Waals surface area contributed by atoms with E-state index in [4.69, 9.17) is 11.6 Å². The molecular weight excluding hydrogens is 449 g/mol. The second-order valence-corrected chi connectivity index (χ2v) is 10.6. The third-order valence-electron chi connectivity index (χ3n) is 5.47. The number of hydrogen-bond acceptors (Lipinski definition) is 4. The smallest absolute Gasteiger partial charge is 0.325 e. The molecule has 4 rings (SSSR count). The number of carboxylic acids is 1. The Morgan fingerprint density at radius 2 is 1.87 bits per heavy atom. The van der Waals surface area contributed by atoms with Gasteiger partial charge in [0, 0.05) is 10.8 Å². The third kappa shape index (κ3) is 3.43. The molecule has 0 amide bonds. The number of aliphatic carboxylic acids is 1. The summed E-state index contributed by atoms with van der Waals surface area (Å²) in [6, 6.07) is 16.1. The van der Waals surface area contributed by atoms with Crippen molar-refractivity contribution in [3.8, 4) is 10.4 Å². The highest BCUT2D eigenvalue weighted by molar-refractivity contribution is 7.91. The molecule has 0 bridgehead atoms. The van der Waals surface area contributed by atoms with Gasteiger partial charge in [0.1, 0.15) is 15.6 Å². The second-order valence-electron chi connectivity index (χ2n) is 7.20. The first-order chi connectivity index (χ1) is 14.2. The van der Waals surface area contributed by atoms with E-state index >= 15 is 0 Å². The number of hydrogen-bond donors (Lipinski definition) is 2. The van der Waals surface area contributed by atoms with Crippen molar-refractivity contribution in [1.29, 1.82) is 0 Å². The first-order valence-electron chi connectivity index (χ1n) is 9.04. The molecule has 0 radical (unpaired) electrons. The molecule has 3 aromatic rings. The predicted octanol–water partition coefficient (Wildman–Crippen LogP) is 4.74. The number of benzene rings is 2. The Bertz CT molecular complexity index is 1230. The van der Waals surface area contributed by atoms with Gasteiger partial charge in [0.15, 0.2) is 0 Å². The Morgan fingerprint density at radius 1 is 1.17 bits per heavy atom. The number of carboxylic acid groups (broad SMARTS) is 1. The number of thiophene rings is 1. The summed E-state index contributed by atoms with van der Waals surface area (Å²) in [5.41, 5.74) is -0.367. The zero-order chi connectivity index (χ0) is 21.7. The highest BCUT2D eigenvalue weighted by atomic mass is 35.5. The summed E-state index contributed by atoms with van der Waals surface area (Å²) in [5.74, 6) is -2.72. The van der Waals surface area contributed by atoms with Gasteiger partial charge in [-0.2, -0.15) is 4.72 Å². The van der Waals surface area contributed by atoms with E-state index in [1.54, 1.807) is 43.3 Å². The number of halogens is 2. The summed E-state index contributed by atoms with van der Waals surface area (Å²) in [5, 5.41) is 9.85. The van der Waals surface area contributed by atoms with Crippen LogP contribution in [-0.4, -0.2) is 25.0 Å². The van der Waals surface area contributed by atoms with Gasteiger partial charge in [-0.3, -0.25) is 4.79 Å². The van der Waals surface area contributed by atoms with Crippen LogP contribution in [0.2, 0.25) is 5.02 Å². The van der Waals surface area contributed by atoms with Crippen LogP contribution in [0.3, 0.4) is 0 Å². The van der Waals surface area contributed by atoms with E-state index in [-0.39, 0.29) is 9.23 Å². The standard InChI is InChI=1S/C21H17ClFNO4S2/c1-12-19(13-5-3-2-4-6-13)21(12,20(25)26)24-30(27,28)18-10-9-17(29-18)14-7-8-15(22)16(23)11-14/h2-12,19,24H,1H3,(H,25,26)/t12-,19?,21-/m0/s1. The fourth-order valence-electron chi connectivity index (χ4n) is 3.84. The molecule has 5 nitrogen and oxygen atoms in total. The molecule has 1 aliphatic rings. The molecule has 1 unspecified atom stereocenters. The van der Waals surface area contributed by atoms with Crippen LogP contribution in [0.15, 0.2) is 64.9 Å². The van der Waals surface area contributed by atoms with E-state index in [9.17, 15) is 22.7 Å². The SMILES string of the molecule is C[C@H]1C(c2ccccc2)[C@]1(NS(=O)(=O)c1ccc(-c2ccc(Cl)c(F)c2)s1)C(=O)O. The van der Waals surface area contributed by atoms with E-state index in [1.165, 1.54) is 18.2 Å². The molecule has 1 fully saturated rings. The molecule has 2 N–H and O–H groups in total. The second kappa shape index (κ2) is 7.46. The Hall–Kier alpha value is -2.26. The van der Waals surface area contributed by atoms with Crippen LogP contribution in [-0.2, 0) is 14.8 Å². The van der Waals surface area contributed by atoms with Crippen molar-refractivity contribution in [3.05, 3.63) is 77.1 Å². The number of carbonyl (C=O) groups is 1. The zero-order valence-corrected chi connectivity index (χ0v) is 18.1. The fourth-order valence-corrected chi connectivity index (χ4v) is 6.72. The summed E-state index contributed by atoms with van der Waals surface area (Å²) >= 11 is 6.63. The molecule has 1 saturated carbocycles. The third-order valence-corrected chi connectivity index (χ3v) is 8.88. The van der Waals surface area contributed by atoms with Crippen molar-refractivity contribution < 1.29 is 22.7 Å². The van der Waals surface area contributed by atoms with Crippen LogP contribution >= 0.6 is 22.9 Å². The van der Waals surface area contributed by atoms with Crippen molar-refractivity contribution in [3.63, 3.8) is 0 Å². The lowest BCUT2D eigenvalue weighted by atomic mass is 10.1. The molecule has 9 heteroatoms. The Balaban J connectivity index is 1.65. The van der Waals surface area contributed by atoms with E-state index in [2.05, 4.69) is 4.72 Å². The summed E-state index contributed by atoms with van der Waals surface area (Å²) in [7, 11) is -4.11. The van der Waals surface area contributed by atoms with Crippen molar-refractivity contribution in [2.45, 2.75) is 22.6 Å². The highest BCUT2D eigenvalue weighted by Gasteiger charge is 2.70. The van der Waals surface area contributed by atoms with Gasteiger partial charge in [-0.15, -0.1) is 11.3 Å². The quantitative estimate of drug-likeness (QED) is 0.550. The fraction of sp³-hybridized carbons (Fsp3) is 0.190. The maximum absolute atomic E-state index is 13.7. The van der Waals surface area contributed by atoms with Gasteiger partial charge in [0.05, 0.1) is 5.02 Å². The van der Waals surface area contributed by atoms with Gasteiger partial charge >= 0.3 is 5.97 Å². The lowest BCUT2D eigenvalue weighted by molar-refractivity contribution is -0.140. The largest absolute Gasteiger partial charge is 0.480 e. The first kappa shape index (κ1) is 21.0. The van der Waals surface area contributed by atoms with Crippen LogP contribution in [0.5, 0.6) is 0 Å². The Morgan fingerprint density at radius 3 is 2.50 bits per heavy atom. The first-order valence-corrected chi connectivity index (χ1v) is 11.7. The van der Waals surface area contributed by atoms with E-state index in [1.807, 2.05) is 6.07 Å². The van der Waals surface area contributed by atoms with Gasteiger partial charge in [-0.05, 0) is 41.3 Å². The number of nitrogens with one attached hydrogen (secondary N) is 1. The Kier molecular flexibility index (Phi) is 5.22. The molecule has 2 aromatic carbocycles. The van der Waals surface area contributed by atoms with E-state index in [0.717, 1.165) is 16.9 Å². The van der Waals surface area contributed by atoms with Gasteiger partial charge in [-0.1, -0.05) is 54.9 Å².